The zero-order chi connectivity index (χ0) is 12.1. The van der Waals surface area contributed by atoms with Crippen LogP contribution in [0.15, 0.2) is 48.7 Å². The molecule has 2 heteroatoms. The Morgan fingerprint density at radius 2 is 2.12 bits per heavy atom. The third kappa shape index (κ3) is 3.00. The second-order valence-electron chi connectivity index (χ2n) is 4.18. The molecule has 1 atom stereocenters. The summed E-state index contributed by atoms with van der Waals surface area (Å²) in [7, 11) is 0. The van der Waals surface area contributed by atoms with Crippen LogP contribution in [0.25, 0.3) is 0 Å². The van der Waals surface area contributed by atoms with Gasteiger partial charge >= 0.3 is 0 Å². The Kier molecular flexibility index (Phi) is 3.66. The molecule has 1 unspecified atom stereocenters. The fourth-order valence-electron chi connectivity index (χ4n) is 1.89. The molecule has 0 aliphatic heterocycles. The van der Waals surface area contributed by atoms with Crippen LogP contribution in [-0.2, 0) is 11.2 Å². The van der Waals surface area contributed by atoms with Crippen molar-refractivity contribution in [1.82, 2.24) is 4.98 Å². The van der Waals surface area contributed by atoms with Crippen molar-refractivity contribution < 1.29 is 4.79 Å². The Morgan fingerprint density at radius 3 is 2.76 bits per heavy atom. The van der Waals surface area contributed by atoms with E-state index in [2.05, 4.69) is 11.1 Å². The maximum absolute atomic E-state index is 11.2. The molecular formula is C15H15NO. The Balaban J connectivity index is 2.20. The summed E-state index contributed by atoms with van der Waals surface area (Å²) in [5, 5.41) is 0. The smallest absolute Gasteiger partial charge is 0.127 e. The van der Waals surface area contributed by atoms with Crippen LogP contribution in [0.1, 0.15) is 22.7 Å². The summed E-state index contributed by atoms with van der Waals surface area (Å²) >= 11 is 0. The first-order chi connectivity index (χ1) is 8.29. The summed E-state index contributed by atoms with van der Waals surface area (Å²) < 4.78 is 0. The molecule has 0 saturated carbocycles. The topological polar surface area (TPSA) is 30.0 Å². The number of aromatic nitrogens is 1. The molecule has 0 amide bonds. The van der Waals surface area contributed by atoms with Crippen LogP contribution in [0.5, 0.6) is 0 Å². The zero-order valence-electron chi connectivity index (χ0n) is 9.84. The van der Waals surface area contributed by atoms with Gasteiger partial charge in [-0.2, -0.15) is 0 Å². The SMILES string of the molecule is Cc1cccc(C(C=O)Cc2ccccn2)c1. The highest BCUT2D eigenvalue weighted by atomic mass is 16.1. The largest absolute Gasteiger partial charge is 0.303 e. The molecule has 17 heavy (non-hydrogen) atoms. The number of aryl methyl sites for hydroxylation is 1. The molecule has 1 aromatic heterocycles. The minimum absolute atomic E-state index is 0.107. The molecule has 1 aromatic carbocycles. The third-order valence-electron chi connectivity index (χ3n) is 2.79. The highest BCUT2D eigenvalue weighted by Crippen LogP contribution is 2.18. The van der Waals surface area contributed by atoms with E-state index in [1.54, 1.807) is 6.20 Å². The zero-order valence-corrected chi connectivity index (χ0v) is 9.84. The van der Waals surface area contributed by atoms with Gasteiger partial charge in [-0.05, 0) is 24.6 Å². The fraction of sp³-hybridized carbons (Fsp3) is 0.200. The Bertz CT molecular complexity index is 493. The van der Waals surface area contributed by atoms with Gasteiger partial charge in [0.05, 0.1) is 0 Å². The fourth-order valence-corrected chi connectivity index (χ4v) is 1.89. The van der Waals surface area contributed by atoms with Crippen LogP contribution in [0.2, 0.25) is 0 Å². The standard InChI is InChI=1S/C15H15NO/c1-12-5-4-6-13(9-12)14(11-17)10-15-7-2-3-8-16-15/h2-9,11,14H,10H2,1H3. The lowest BCUT2D eigenvalue weighted by atomic mass is 9.94. The molecule has 0 N–H and O–H groups in total. The second kappa shape index (κ2) is 5.39. The van der Waals surface area contributed by atoms with E-state index in [0.717, 1.165) is 17.5 Å². The van der Waals surface area contributed by atoms with Gasteiger partial charge in [-0.1, -0.05) is 35.9 Å². The van der Waals surface area contributed by atoms with E-state index in [9.17, 15) is 4.79 Å². The lowest BCUT2D eigenvalue weighted by molar-refractivity contribution is -0.109. The predicted octanol–water partition coefficient (Wildman–Crippen LogP) is 2.92. The van der Waals surface area contributed by atoms with Gasteiger partial charge in [0.25, 0.3) is 0 Å². The molecule has 0 aliphatic rings. The number of nitrogens with zero attached hydrogens (tertiary/aromatic N) is 1. The van der Waals surface area contributed by atoms with Crippen molar-refractivity contribution in [3.05, 3.63) is 65.5 Å². The number of rotatable bonds is 4. The Morgan fingerprint density at radius 1 is 1.24 bits per heavy atom. The van der Waals surface area contributed by atoms with Crippen molar-refractivity contribution in [3.8, 4) is 0 Å². The second-order valence-corrected chi connectivity index (χ2v) is 4.18. The van der Waals surface area contributed by atoms with E-state index in [1.165, 1.54) is 5.56 Å². The Hall–Kier alpha value is -1.96. The minimum atomic E-state index is -0.107. The van der Waals surface area contributed by atoms with E-state index in [-0.39, 0.29) is 5.92 Å². The molecule has 0 radical (unpaired) electrons. The summed E-state index contributed by atoms with van der Waals surface area (Å²) in [6.07, 6.45) is 3.42. The van der Waals surface area contributed by atoms with Crippen molar-refractivity contribution in [3.63, 3.8) is 0 Å². The first-order valence-electron chi connectivity index (χ1n) is 5.71. The Labute approximate surface area is 101 Å². The molecule has 0 bridgehead atoms. The molecule has 0 spiro atoms. The monoisotopic (exact) mass is 225 g/mol. The highest BCUT2D eigenvalue weighted by molar-refractivity contribution is 5.62. The number of pyridine rings is 1. The van der Waals surface area contributed by atoms with Gasteiger partial charge < -0.3 is 4.79 Å². The van der Waals surface area contributed by atoms with Crippen LogP contribution in [-0.4, -0.2) is 11.3 Å². The van der Waals surface area contributed by atoms with Gasteiger partial charge in [0.2, 0.25) is 0 Å². The summed E-state index contributed by atoms with van der Waals surface area (Å²) in [6, 6.07) is 13.8. The molecule has 2 rings (SSSR count). The normalized spacial score (nSPS) is 12.1. The predicted molar refractivity (Wildman–Crippen MR) is 67.9 cm³/mol. The molecular weight excluding hydrogens is 210 g/mol. The van der Waals surface area contributed by atoms with Crippen LogP contribution in [0, 0.1) is 6.92 Å². The van der Waals surface area contributed by atoms with Crippen LogP contribution in [0.4, 0.5) is 0 Å². The first-order valence-corrected chi connectivity index (χ1v) is 5.71. The lowest BCUT2D eigenvalue weighted by Crippen LogP contribution is -2.05. The number of hydrogen-bond acceptors (Lipinski definition) is 2. The lowest BCUT2D eigenvalue weighted by Gasteiger charge is -2.10. The maximum atomic E-state index is 11.2. The molecule has 2 nitrogen and oxygen atoms in total. The average Bonchev–Trinajstić information content (AvgIpc) is 2.37. The van der Waals surface area contributed by atoms with Crippen LogP contribution >= 0.6 is 0 Å². The van der Waals surface area contributed by atoms with E-state index < -0.39 is 0 Å². The maximum Gasteiger partial charge on any atom is 0.127 e. The van der Waals surface area contributed by atoms with E-state index in [4.69, 9.17) is 0 Å². The quantitative estimate of drug-likeness (QED) is 0.749. The van der Waals surface area contributed by atoms with Crippen LogP contribution in [0.3, 0.4) is 0 Å². The van der Waals surface area contributed by atoms with Gasteiger partial charge in [0, 0.05) is 24.2 Å². The van der Waals surface area contributed by atoms with Gasteiger partial charge in [-0.25, -0.2) is 0 Å². The first kappa shape index (κ1) is 11.5. The minimum Gasteiger partial charge on any atom is -0.303 e. The molecule has 86 valence electrons. The molecule has 0 fully saturated rings. The van der Waals surface area contributed by atoms with E-state index in [0.29, 0.717) is 6.42 Å². The van der Waals surface area contributed by atoms with Gasteiger partial charge in [-0.15, -0.1) is 0 Å². The summed E-state index contributed by atoms with van der Waals surface area (Å²) in [5.74, 6) is -0.107. The van der Waals surface area contributed by atoms with Gasteiger partial charge in [0.1, 0.15) is 6.29 Å². The van der Waals surface area contributed by atoms with E-state index in [1.807, 2.05) is 43.3 Å². The van der Waals surface area contributed by atoms with E-state index >= 15 is 0 Å². The summed E-state index contributed by atoms with van der Waals surface area (Å²) in [6.45, 7) is 2.03. The number of carbonyl (C=O) groups is 1. The van der Waals surface area contributed by atoms with Crippen molar-refractivity contribution in [2.45, 2.75) is 19.3 Å². The molecule has 1 heterocycles. The highest BCUT2D eigenvalue weighted by Gasteiger charge is 2.11. The number of benzene rings is 1. The van der Waals surface area contributed by atoms with Gasteiger partial charge in [0.15, 0.2) is 0 Å². The summed E-state index contributed by atoms with van der Waals surface area (Å²) in [5.41, 5.74) is 3.19. The average molecular weight is 225 g/mol. The van der Waals surface area contributed by atoms with Crippen LogP contribution < -0.4 is 0 Å². The molecule has 0 saturated heterocycles. The van der Waals surface area contributed by atoms with Crippen molar-refractivity contribution in [2.24, 2.45) is 0 Å². The number of aldehydes is 1. The van der Waals surface area contributed by atoms with Crippen molar-refractivity contribution in [1.29, 1.82) is 0 Å². The van der Waals surface area contributed by atoms with Gasteiger partial charge in [-0.3, -0.25) is 4.98 Å². The summed E-state index contributed by atoms with van der Waals surface area (Å²) in [4.78, 5) is 15.4. The van der Waals surface area contributed by atoms with Crippen molar-refractivity contribution in [2.75, 3.05) is 0 Å². The molecule has 0 aliphatic carbocycles. The molecule has 2 aromatic rings. The third-order valence-corrected chi connectivity index (χ3v) is 2.79. The number of hydrogen-bond donors (Lipinski definition) is 0. The van der Waals surface area contributed by atoms with Crippen molar-refractivity contribution >= 4 is 6.29 Å². The number of carbonyl (C=O) groups excluding carboxylic acids is 1.